The van der Waals surface area contributed by atoms with E-state index in [2.05, 4.69) is 19.1 Å². The summed E-state index contributed by atoms with van der Waals surface area (Å²) < 4.78 is 0. The maximum absolute atomic E-state index is 10.8. The zero-order valence-corrected chi connectivity index (χ0v) is 18.1. The zero-order valence-electron chi connectivity index (χ0n) is 18.1. The fourth-order valence-corrected chi connectivity index (χ4v) is 3.71. The topological polar surface area (TPSA) is 63.3 Å². The molecule has 0 unspecified atom stereocenters. The Morgan fingerprint density at radius 2 is 1.14 bits per heavy atom. The molecule has 3 nitrogen and oxygen atoms in total. The van der Waals surface area contributed by atoms with Gasteiger partial charge in [-0.05, 0) is 30.4 Å². The number of hydrogen-bond donors (Lipinski definition) is 2. The quantitative estimate of drug-likeness (QED) is 0.276. The van der Waals surface area contributed by atoms with Gasteiger partial charge in [0.1, 0.15) is 6.04 Å². The third-order valence-electron chi connectivity index (χ3n) is 5.61. The third-order valence-corrected chi connectivity index (χ3v) is 5.61. The Labute approximate surface area is 173 Å². The van der Waals surface area contributed by atoms with Crippen LogP contribution in [0.1, 0.15) is 108 Å². The zero-order chi connectivity index (χ0) is 20.5. The van der Waals surface area contributed by atoms with Crippen molar-refractivity contribution in [1.29, 1.82) is 0 Å². The minimum absolute atomic E-state index is 0.397. The van der Waals surface area contributed by atoms with Crippen LogP contribution in [0.5, 0.6) is 0 Å². The number of carbonyl (C=O) groups is 1. The van der Waals surface area contributed by atoms with Crippen molar-refractivity contribution in [2.45, 2.75) is 116 Å². The Kier molecular flexibility index (Phi) is 14.6. The van der Waals surface area contributed by atoms with Crippen LogP contribution < -0.4 is 5.73 Å². The van der Waals surface area contributed by atoms with Crippen LogP contribution in [-0.2, 0) is 17.6 Å². The van der Waals surface area contributed by atoms with Gasteiger partial charge in [-0.3, -0.25) is 4.79 Å². The second kappa shape index (κ2) is 16.6. The molecule has 0 saturated heterocycles. The molecular weight excluding hydrogens is 346 g/mol. The Morgan fingerprint density at radius 1 is 0.750 bits per heavy atom. The highest BCUT2D eigenvalue weighted by Gasteiger charge is 2.11. The Morgan fingerprint density at radius 3 is 1.57 bits per heavy atom. The lowest BCUT2D eigenvalue weighted by Gasteiger charge is -2.07. The van der Waals surface area contributed by atoms with Crippen molar-refractivity contribution in [3.8, 4) is 0 Å². The van der Waals surface area contributed by atoms with E-state index < -0.39 is 12.0 Å². The average Bonchev–Trinajstić information content (AvgIpc) is 2.69. The van der Waals surface area contributed by atoms with E-state index in [0.717, 1.165) is 12.0 Å². The summed E-state index contributed by atoms with van der Waals surface area (Å²) in [5, 5.41) is 8.87. The molecular formula is C25H43NO2. The molecule has 0 amide bonds. The molecule has 160 valence electrons. The molecule has 0 heterocycles. The van der Waals surface area contributed by atoms with Gasteiger partial charge in [-0.1, -0.05) is 115 Å². The number of nitrogens with two attached hydrogens (primary N) is 1. The highest BCUT2D eigenvalue weighted by atomic mass is 16.4. The van der Waals surface area contributed by atoms with Gasteiger partial charge in [-0.25, -0.2) is 0 Å². The summed E-state index contributed by atoms with van der Waals surface area (Å²) in [6.07, 6.45) is 20.9. The normalized spacial score (nSPS) is 12.2. The van der Waals surface area contributed by atoms with Gasteiger partial charge < -0.3 is 10.8 Å². The van der Waals surface area contributed by atoms with Gasteiger partial charge in [0.2, 0.25) is 0 Å². The second-order valence-corrected chi connectivity index (χ2v) is 8.31. The number of aliphatic carboxylic acids is 1. The van der Waals surface area contributed by atoms with Crippen molar-refractivity contribution in [2.24, 2.45) is 5.73 Å². The van der Waals surface area contributed by atoms with Crippen molar-refractivity contribution in [3.05, 3.63) is 35.4 Å². The maximum Gasteiger partial charge on any atom is 0.320 e. The summed E-state index contributed by atoms with van der Waals surface area (Å²) in [7, 11) is 0. The summed E-state index contributed by atoms with van der Waals surface area (Å²) in [6, 6.07) is 7.46. The lowest BCUT2D eigenvalue weighted by atomic mass is 10.0. The summed E-state index contributed by atoms with van der Waals surface area (Å²) in [5.41, 5.74) is 7.92. The summed E-state index contributed by atoms with van der Waals surface area (Å²) in [5.74, 6) is -0.938. The molecule has 0 aromatic heterocycles. The molecule has 1 rings (SSSR count). The van der Waals surface area contributed by atoms with Crippen LogP contribution in [0.15, 0.2) is 24.3 Å². The van der Waals surface area contributed by atoms with Crippen molar-refractivity contribution >= 4 is 5.97 Å². The first-order valence-electron chi connectivity index (χ1n) is 11.7. The van der Waals surface area contributed by atoms with E-state index in [0.29, 0.717) is 6.42 Å². The first-order valence-corrected chi connectivity index (χ1v) is 11.7. The number of rotatable bonds is 18. The van der Waals surface area contributed by atoms with E-state index in [1.165, 1.54) is 95.5 Å². The number of hydrogen-bond acceptors (Lipinski definition) is 2. The first kappa shape index (κ1) is 24.7. The van der Waals surface area contributed by atoms with Crippen molar-refractivity contribution < 1.29 is 9.90 Å². The highest BCUT2D eigenvalue weighted by molar-refractivity contribution is 5.73. The SMILES string of the molecule is CCCCCCCCCCCCCCCCc1ccc(C[C@H](N)C(=O)O)cc1. The molecule has 0 saturated carbocycles. The van der Waals surface area contributed by atoms with Gasteiger partial charge >= 0.3 is 5.97 Å². The number of benzene rings is 1. The lowest BCUT2D eigenvalue weighted by Crippen LogP contribution is -2.32. The number of aryl methyl sites for hydroxylation is 1. The minimum Gasteiger partial charge on any atom is -0.480 e. The summed E-state index contributed by atoms with van der Waals surface area (Å²) in [4.78, 5) is 10.8. The van der Waals surface area contributed by atoms with Crippen LogP contribution in [-0.4, -0.2) is 17.1 Å². The van der Waals surface area contributed by atoms with Crippen molar-refractivity contribution in [2.75, 3.05) is 0 Å². The summed E-state index contributed by atoms with van der Waals surface area (Å²) in [6.45, 7) is 2.28. The Balaban J connectivity index is 1.93. The minimum atomic E-state index is -0.938. The number of carboxylic acid groups (broad SMARTS) is 1. The van der Waals surface area contributed by atoms with E-state index in [1.807, 2.05) is 12.1 Å². The average molecular weight is 390 g/mol. The summed E-state index contributed by atoms with van der Waals surface area (Å²) >= 11 is 0. The fourth-order valence-electron chi connectivity index (χ4n) is 3.71. The highest BCUT2D eigenvalue weighted by Crippen LogP contribution is 2.14. The molecule has 0 radical (unpaired) electrons. The van der Waals surface area contributed by atoms with Crippen LogP contribution in [0.3, 0.4) is 0 Å². The molecule has 0 bridgehead atoms. The molecule has 0 aliphatic carbocycles. The smallest absolute Gasteiger partial charge is 0.320 e. The molecule has 1 aromatic carbocycles. The van der Waals surface area contributed by atoms with E-state index in [1.54, 1.807) is 0 Å². The largest absolute Gasteiger partial charge is 0.480 e. The molecule has 1 aromatic rings. The van der Waals surface area contributed by atoms with E-state index >= 15 is 0 Å². The molecule has 3 N–H and O–H groups in total. The van der Waals surface area contributed by atoms with Crippen LogP contribution in [0.2, 0.25) is 0 Å². The maximum atomic E-state index is 10.8. The van der Waals surface area contributed by atoms with Crippen LogP contribution in [0.25, 0.3) is 0 Å². The van der Waals surface area contributed by atoms with Gasteiger partial charge in [0, 0.05) is 0 Å². The Hall–Kier alpha value is -1.35. The van der Waals surface area contributed by atoms with E-state index in [-0.39, 0.29) is 0 Å². The second-order valence-electron chi connectivity index (χ2n) is 8.31. The van der Waals surface area contributed by atoms with Crippen LogP contribution >= 0.6 is 0 Å². The van der Waals surface area contributed by atoms with Crippen LogP contribution in [0.4, 0.5) is 0 Å². The number of carboxylic acids is 1. The standard InChI is InChI=1S/C25H43NO2/c1-2-3-4-5-6-7-8-9-10-11-12-13-14-15-16-22-17-19-23(20-18-22)21-24(26)25(27)28/h17-20,24H,2-16,21,26H2,1H3,(H,27,28)/t24-/m0/s1. The number of unbranched alkanes of at least 4 members (excludes halogenated alkanes) is 13. The van der Waals surface area contributed by atoms with Gasteiger partial charge in [0.25, 0.3) is 0 Å². The van der Waals surface area contributed by atoms with Gasteiger partial charge in [-0.2, -0.15) is 0 Å². The van der Waals surface area contributed by atoms with Crippen molar-refractivity contribution in [3.63, 3.8) is 0 Å². The molecule has 1 atom stereocenters. The third kappa shape index (κ3) is 12.9. The van der Waals surface area contributed by atoms with Crippen molar-refractivity contribution in [1.82, 2.24) is 0 Å². The molecule has 28 heavy (non-hydrogen) atoms. The molecule has 3 heteroatoms. The molecule has 0 aliphatic heterocycles. The van der Waals surface area contributed by atoms with E-state index in [9.17, 15) is 4.79 Å². The monoisotopic (exact) mass is 389 g/mol. The van der Waals surface area contributed by atoms with Gasteiger partial charge in [0.15, 0.2) is 0 Å². The van der Waals surface area contributed by atoms with Gasteiger partial charge in [0.05, 0.1) is 0 Å². The molecule has 0 spiro atoms. The molecule has 0 aliphatic rings. The first-order chi connectivity index (χ1) is 13.6. The predicted octanol–water partition coefficient (Wildman–Crippen LogP) is 6.66. The molecule has 0 fully saturated rings. The van der Waals surface area contributed by atoms with E-state index in [4.69, 9.17) is 10.8 Å². The predicted molar refractivity (Wildman–Crippen MR) is 120 cm³/mol. The van der Waals surface area contributed by atoms with Crippen LogP contribution in [0, 0.1) is 0 Å². The Bertz CT molecular complexity index is 498. The fraction of sp³-hybridized carbons (Fsp3) is 0.720. The van der Waals surface area contributed by atoms with Gasteiger partial charge in [-0.15, -0.1) is 0 Å². The lowest BCUT2D eigenvalue weighted by molar-refractivity contribution is -0.138.